The van der Waals surface area contributed by atoms with Gasteiger partial charge in [0.15, 0.2) is 0 Å². The first-order valence-corrected chi connectivity index (χ1v) is 9.75. The molecule has 0 bridgehead atoms. The summed E-state index contributed by atoms with van der Waals surface area (Å²) in [7, 11) is 0. The molecular formula is C19H29NO2S. The van der Waals surface area contributed by atoms with Crippen molar-refractivity contribution in [1.29, 1.82) is 0 Å². The topological polar surface area (TPSA) is 49.3 Å². The number of carbonyl (C=O) groups excluding carboxylic acids is 1. The van der Waals surface area contributed by atoms with Crippen molar-refractivity contribution in [2.24, 2.45) is 11.3 Å². The standard InChI is InChI=1S/C19H29NO2S/c1-19(2,3)13-4-9-16-12(10-13)11-17(23-16)18(22)20-14-5-7-15(21)8-6-14/h11,13-15,21H,4-10H2,1-3H3,(H,20,22). The number of aryl methyl sites for hydroxylation is 1. The number of hydrogen-bond acceptors (Lipinski definition) is 3. The van der Waals surface area contributed by atoms with Crippen LogP contribution in [0.25, 0.3) is 0 Å². The van der Waals surface area contributed by atoms with E-state index in [1.165, 1.54) is 16.9 Å². The van der Waals surface area contributed by atoms with Gasteiger partial charge in [0.25, 0.3) is 5.91 Å². The first-order chi connectivity index (χ1) is 10.8. The number of thiophene rings is 1. The number of aliphatic hydroxyl groups is 1. The molecule has 0 aromatic carbocycles. The molecule has 3 rings (SSSR count). The van der Waals surface area contributed by atoms with Crippen LogP contribution >= 0.6 is 11.3 Å². The van der Waals surface area contributed by atoms with E-state index in [0.29, 0.717) is 11.3 Å². The normalized spacial score (nSPS) is 28.3. The first kappa shape index (κ1) is 17.0. The Bertz CT molecular complexity index is 564. The maximum Gasteiger partial charge on any atom is 0.261 e. The lowest BCUT2D eigenvalue weighted by atomic mass is 9.72. The Labute approximate surface area is 143 Å². The third-order valence-corrected chi connectivity index (χ3v) is 6.80. The van der Waals surface area contributed by atoms with Crippen molar-refractivity contribution in [3.63, 3.8) is 0 Å². The van der Waals surface area contributed by atoms with Crippen molar-refractivity contribution in [2.45, 2.75) is 77.9 Å². The van der Waals surface area contributed by atoms with Crippen LogP contribution in [0, 0.1) is 11.3 Å². The number of fused-ring (bicyclic) bond motifs is 1. The second-order valence-corrected chi connectivity index (χ2v) is 9.48. The van der Waals surface area contributed by atoms with Crippen LogP contribution in [-0.4, -0.2) is 23.2 Å². The third kappa shape index (κ3) is 3.97. The molecular weight excluding hydrogens is 306 g/mol. The van der Waals surface area contributed by atoms with Gasteiger partial charge in [-0.2, -0.15) is 0 Å². The highest BCUT2D eigenvalue weighted by Crippen LogP contribution is 2.40. The van der Waals surface area contributed by atoms with E-state index in [9.17, 15) is 9.90 Å². The van der Waals surface area contributed by atoms with Crippen LogP contribution < -0.4 is 5.32 Å². The van der Waals surface area contributed by atoms with Crippen molar-refractivity contribution >= 4 is 17.2 Å². The van der Waals surface area contributed by atoms with Gasteiger partial charge in [-0.05, 0) is 67.9 Å². The predicted octanol–water partition coefficient (Wildman–Crippen LogP) is 3.93. The number of rotatable bonds is 2. The highest BCUT2D eigenvalue weighted by Gasteiger charge is 2.30. The summed E-state index contributed by atoms with van der Waals surface area (Å²) in [4.78, 5) is 14.8. The Morgan fingerprint density at radius 2 is 1.91 bits per heavy atom. The van der Waals surface area contributed by atoms with Crippen LogP contribution in [0.2, 0.25) is 0 Å². The molecule has 128 valence electrons. The predicted molar refractivity (Wildman–Crippen MR) is 95.0 cm³/mol. The zero-order valence-corrected chi connectivity index (χ0v) is 15.3. The Kier molecular flexibility index (Phi) is 4.84. The fourth-order valence-corrected chi connectivity index (χ4v) is 4.96. The molecule has 23 heavy (non-hydrogen) atoms. The summed E-state index contributed by atoms with van der Waals surface area (Å²) in [5.41, 5.74) is 1.73. The van der Waals surface area contributed by atoms with E-state index < -0.39 is 0 Å². The molecule has 2 aliphatic rings. The summed E-state index contributed by atoms with van der Waals surface area (Å²) in [5, 5.41) is 12.7. The molecule has 2 N–H and O–H groups in total. The van der Waals surface area contributed by atoms with Gasteiger partial charge in [-0.1, -0.05) is 20.8 Å². The zero-order valence-electron chi connectivity index (χ0n) is 14.5. The molecule has 1 atom stereocenters. The van der Waals surface area contributed by atoms with E-state index >= 15 is 0 Å². The molecule has 3 nitrogen and oxygen atoms in total. The highest BCUT2D eigenvalue weighted by molar-refractivity contribution is 7.14. The quantitative estimate of drug-likeness (QED) is 0.860. The van der Waals surface area contributed by atoms with Crippen molar-refractivity contribution in [3.8, 4) is 0 Å². The van der Waals surface area contributed by atoms with Crippen LogP contribution in [0.4, 0.5) is 0 Å². The number of hydrogen-bond donors (Lipinski definition) is 2. The number of aliphatic hydroxyl groups excluding tert-OH is 1. The fourth-order valence-electron chi connectivity index (χ4n) is 3.85. The molecule has 0 saturated heterocycles. The summed E-state index contributed by atoms with van der Waals surface area (Å²) in [6.45, 7) is 6.96. The van der Waals surface area contributed by atoms with Gasteiger partial charge in [-0.3, -0.25) is 4.79 Å². The smallest absolute Gasteiger partial charge is 0.261 e. The molecule has 4 heteroatoms. The van der Waals surface area contributed by atoms with Gasteiger partial charge in [0.1, 0.15) is 0 Å². The Balaban J connectivity index is 1.64. The van der Waals surface area contributed by atoms with Gasteiger partial charge < -0.3 is 10.4 Å². The number of amides is 1. The minimum Gasteiger partial charge on any atom is -0.393 e. The van der Waals surface area contributed by atoms with Crippen molar-refractivity contribution in [2.75, 3.05) is 0 Å². The van der Waals surface area contributed by atoms with Crippen molar-refractivity contribution < 1.29 is 9.90 Å². The molecule has 1 saturated carbocycles. The highest BCUT2D eigenvalue weighted by atomic mass is 32.1. The SMILES string of the molecule is CC(C)(C)C1CCc2sc(C(=O)NC3CCC(O)CC3)cc2C1. The lowest BCUT2D eigenvalue weighted by molar-refractivity contribution is 0.0871. The molecule has 0 aliphatic heterocycles. The van der Waals surface area contributed by atoms with E-state index in [4.69, 9.17) is 0 Å². The Hall–Kier alpha value is -0.870. The second kappa shape index (κ2) is 6.56. The van der Waals surface area contributed by atoms with E-state index in [1.54, 1.807) is 11.3 Å². The lowest BCUT2D eigenvalue weighted by Gasteiger charge is -2.33. The van der Waals surface area contributed by atoms with E-state index in [2.05, 4.69) is 32.2 Å². The molecule has 1 aromatic heterocycles. The molecule has 0 radical (unpaired) electrons. The van der Waals surface area contributed by atoms with Gasteiger partial charge in [0, 0.05) is 10.9 Å². The molecule has 1 fully saturated rings. The van der Waals surface area contributed by atoms with E-state index in [-0.39, 0.29) is 18.1 Å². The summed E-state index contributed by atoms with van der Waals surface area (Å²) in [6, 6.07) is 2.36. The largest absolute Gasteiger partial charge is 0.393 e. The average molecular weight is 336 g/mol. The molecule has 1 amide bonds. The van der Waals surface area contributed by atoms with Crippen LogP contribution in [-0.2, 0) is 12.8 Å². The zero-order chi connectivity index (χ0) is 16.6. The summed E-state index contributed by atoms with van der Waals surface area (Å²) >= 11 is 1.68. The Morgan fingerprint density at radius 1 is 1.22 bits per heavy atom. The van der Waals surface area contributed by atoms with Crippen LogP contribution in [0.3, 0.4) is 0 Å². The first-order valence-electron chi connectivity index (χ1n) is 8.93. The summed E-state index contributed by atoms with van der Waals surface area (Å²) in [6.07, 6.45) is 6.68. The van der Waals surface area contributed by atoms with Crippen LogP contribution in [0.5, 0.6) is 0 Å². The van der Waals surface area contributed by atoms with E-state index in [1.807, 2.05) is 0 Å². The van der Waals surface area contributed by atoms with Gasteiger partial charge in [-0.15, -0.1) is 11.3 Å². The molecule has 1 aromatic rings. The fraction of sp³-hybridized carbons (Fsp3) is 0.737. The number of nitrogens with one attached hydrogen (secondary N) is 1. The minimum atomic E-state index is -0.175. The van der Waals surface area contributed by atoms with E-state index in [0.717, 1.165) is 43.4 Å². The maximum absolute atomic E-state index is 12.5. The van der Waals surface area contributed by atoms with Crippen LogP contribution in [0.1, 0.15) is 73.0 Å². The molecule has 2 aliphatic carbocycles. The summed E-state index contributed by atoms with van der Waals surface area (Å²) < 4.78 is 0. The van der Waals surface area contributed by atoms with Crippen molar-refractivity contribution in [3.05, 3.63) is 21.4 Å². The van der Waals surface area contributed by atoms with Gasteiger partial charge in [0.05, 0.1) is 11.0 Å². The lowest BCUT2D eigenvalue weighted by Crippen LogP contribution is -2.38. The molecule has 1 unspecified atom stereocenters. The average Bonchev–Trinajstić information content (AvgIpc) is 2.92. The second-order valence-electron chi connectivity index (χ2n) is 8.34. The minimum absolute atomic E-state index is 0.0816. The van der Waals surface area contributed by atoms with Gasteiger partial charge in [-0.25, -0.2) is 0 Å². The summed E-state index contributed by atoms with van der Waals surface area (Å²) in [5.74, 6) is 0.790. The van der Waals surface area contributed by atoms with Gasteiger partial charge in [0.2, 0.25) is 0 Å². The maximum atomic E-state index is 12.5. The van der Waals surface area contributed by atoms with Gasteiger partial charge >= 0.3 is 0 Å². The van der Waals surface area contributed by atoms with Crippen LogP contribution in [0.15, 0.2) is 6.07 Å². The third-order valence-electron chi connectivity index (χ3n) is 5.56. The molecule has 1 heterocycles. The Morgan fingerprint density at radius 3 is 2.57 bits per heavy atom. The molecule has 0 spiro atoms. The monoisotopic (exact) mass is 335 g/mol. The number of carbonyl (C=O) groups is 1. The van der Waals surface area contributed by atoms with Crippen molar-refractivity contribution in [1.82, 2.24) is 5.32 Å².